The van der Waals surface area contributed by atoms with Crippen molar-refractivity contribution in [2.75, 3.05) is 37.1 Å². The summed E-state index contributed by atoms with van der Waals surface area (Å²) in [6.07, 6.45) is 7.37. The lowest BCUT2D eigenvalue weighted by atomic mass is 9.82. The van der Waals surface area contributed by atoms with Gasteiger partial charge in [-0.25, -0.2) is 0 Å². The van der Waals surface area contributed by atoms with Crippen molar-refractivity contribution in [2.24, 2.45) is 0 Å². The predicted octanol–water partition coefficient (Wildman–Crippen LogP) is 3.54. The summed E-state index contributed by atoms with van der Waals surface area (Å²) < 4.78 is 21.9. The molecule has 240 valence electrons. The zero-order valence-corrected chi connectivity index (χ0v) is 26.4. The number of nitrogens with one attached hydrogen (secondary N) is 2. The molecule has 6 heterocycles. The minimum Gasteiger partial charge on any atom is -0.485 e. The molecule has 2 aliphatic heterocycles. The molecular weight excluding hydrogens is 633 g/mol. The standard InChI is InChI=1S/C30H32N8O6S2/c39-25(11-19-9-21(4-6-31-19)43-23-13-41-14-23)33-29-37-35-27(45-29)17-2-1-3-18(8-17)28-36-38-30(46-28)34-26(40)12-20-10-22(5-7-32-20)44-24-15-42-16-24/h4-7,9-10,17-18,23-24H,1-3,8,11-16H2,(H,33,37,39)(H,34,38,40). The van der Waals surface area contributed by atoms with Gasteiger partial charge in [0.2, 0.25) is 22.1 Å². The Morgan fingerprint density at radius 2 is 1.22 bits per heavy atom. The van der Waals surface area contributed by atoms with Crippen LogP contribution < -0.4 is 20.1 Å². The summed E-state index contributed by atoms with van der Waals surface area (Å²) >= 11 is 2.79. The molecule has 0 radical (unpaired) electrons. The topological polar surface area (TPSA) is 172 Å². The van der Waals surface area contributed by atoms with E-state index >= 15 is 0 Å². The van der Waals surface area contributed by atoms with Gasteiger partial charge in [0, 0.05) is 36.4 Å². The normalized spacial score (nSPS) is 19.9. The number of rotatable bonds is 12. The molecule has 1 aliphatic carbocycles. The van der Waals surface area contributed by atoms with Crippen LogP contribution >= 0.6 is 22.7 Å². The Morgan fingerprint density at radius 3 is 1.65 bits per heavy atom. The highest BCUT2D eigenvalue weighted by molar-refractivity contribution is 7.15. The van der Waals surface area contributed by atoms with E-state index in [0.29, 0.717) is 59.6 Å². The summed E-state index contributed by atoms with van der Waals surface area (Å²) in [4.78, 5) is 34.0. The van der Waals surface area contributed by atoms with Crippen molar-refractivity contribution in [1.82, 2.24) is 30.4 Å². The van der Waals surface area contributed by atoms with Crippen LogP contribution in [-0.2, 0) is 31.9 Å². The van der Waals surface area contributed by atoms with Gasteiger partial charge in [0.15, 0.2) is 0 Å². The van der Waals surface area contributed by atoms with Crippen LogP contribution in [0.25, 0.3) is 0 Å². The van der Waals surface area contributed by atoms with E-state index in [1.807, 2.05) is 0 Å². The van der Waals surface area contributed by atoms with Gasteiger partial charge < -0.3 is 29.6 Å². The maximum atomic E-state index is 12.7. The molecule has 2 unspecified atom stereocenters. The zero-order valence-electron chi connectivity index (χ0n) is 24.8. The third-order valence-electron chi connectivity index (χ3n) is 7.83. The Hall–Kier alpha value is -4.12. The van der Waals surface area contributed by atoms with E-state index < -0.39 is 0 Å². The first-order chi connectivity index (χ1) is 22.5. The summed E-state index contributed by atoms with van der Waals surface area (Å²) in [5.41, 5.74) is 1.22. The molecule has 2 saturated heterocycles. The van der Waals surface area contributed by atoms with E-state index in [4.69, 9.17) is 18.9 Å². The zero-order chi connectivity index (χ0) is 31.3. The SMILES string of the molecule is O=C(Cc1cc(OC2COC2)ccn1)Nc1nnc(C2CCCC(c3nnc(NC(=O)Cc4cc(OC5COC5)ccn4)s3)C2)s1. The number of ether oxygens (including phenoxy) is 4. The van der Waals surface area contributed by atoms with Crippen molar-refractivity contribution < 1.29 is 28.5 Å². The molecular formula is C30H32N8O6S2. The lowest BCUT2D eigenvalue weighted by Gasteiger charge is -2.26. The number of pyridine rings is 2. The first kappa shape index (κ1) is 30.5. The number of hydrogen-bond donors (Lipinski definition) is 2. The number of carbonyl (C=O) groups is 2. The summed E-state index contributed by atoms with van der Waals surface area (Å²) in [6, 6.07) is 7.09. The molecule has 16 heteroatoms. The third-order valence-corrected chi connectivity index (χ3v) is 9.83. The van der Waals surface area contributed by atoms with Gasteiger partial charge in [0.05, 0.1) is 50.7 Å². The summed E-state index contributed by atoms with van der Waals surface area (Å²) in [7, 11) is 0. The molecule has 1 saturated carbocycles. The Balaban J connectivity index is 0.895. The maximum Gasteiger partial charge on any atom is 0.232 e. The van der Waals surface area contributed by atoms with Crippen LogP contribution in [0.5, 0.6) is 11.5 Å². The van der Waals surface area contributed by atoms with E-state index in [2.05, 4.69) is 41.0 Å². The first-order valence-electron chi connectivity index (χ1n) is 15.2. The fourth-order valence-electron chi connectivity index (χ4n) is 5.40. The lowest BCUT2D eigenvalue weighted by molar-refractivity contribution is -0.116. The average molecular weight is 665 g/mol. The van der Waals surface area contributed by atoms with E-state index in [1.54, 1.807) is 36.7 Å². The van der Waals surface area contributed by atoms with Gasteiger partial charge in [-0.2, -0.15) is 0 Å². The van der Waals surface area contributed by atoms with Gasteiger partial charge in [0.1, 0.15) is 33.7 Å². The smallest absolute Gasteiger partial charge is 0.232 e. The number of anilines is 2. The minimum absolute atomic E-state index is 0.0450. The van der Waals surface area contributed by atoms with E-state index in [1.165, 1.54) is 22.7 Å². The third kappa shape index (κ3) is 7.81. The fourth-order valence-corrected chi connectivity index (χ4v) is 7.21. The van der Waals surface area contributed by atoms with Crippen LogP contribution in [0, 0.1) is 0 Å². The quantitative estimate of drug-likeness (QED) is 0.226. The van der Waals surface area contributed by atoms with Crippen molar-refractivity contribution in [3.8, 4) is 11.5 Å². The van der Waals surface area contributed by atoms with Crippen LogP contribution in [0.1, 0.15) is 58.9 Å². The van der Waals surface area contributed by atoms with Gasteiger partial charge >= 0.3 is 0 Å². The van der Waals surface area contributed by atoms with E-state index in [0.717, 1.165) is 35.7 Å². The average Bonchev–Trinajstić information content (AvgIpc) is 3.67. The summed E-state index contributed by atoms with van der Waals surface area (Å²) in [5.74, 6) is 1.30. The number of nitrogens with zero attached hydrogens (tertiary/aromatic N) is 6. The Bertz CT molecular complexity index is 1560. The monoisotopic (exact) mass is 664 g/mol. The van der Waals surface area contributed by atoms with Gasteiger partial charge in [0.25, 0.3) is 0 Å². The minimum atomic E-state index is -0.218. The largest absolute Gasteiger partial charge is 0.485 e. The Morgan fingerprint density at radius 1 is 0.739 bits per heavy atom. The predicted molar refractivity (Wildman–Crippen MR) is 167 cm³/mol. The number of carbonyl (C=O) groups excluding carboxylic acids is 2. The highest BCUT2D eigenvalue weighted by atomic mass is 32.1. The molecule has 7 rings (SSSR count). The molecule has 3 fully saturated rings. The number of amides is 2. The van der Waals surface area contributed by atoms with Crippen LogP contribution in [0.4, 0.5) is 10.3 Å². The maximum absolute atomic E-state index is 12.7. The lowest BCUT2D eigenvalue weighted by Crippen LogP contribution is -2.38. The molecule has 2 N–H and O–H groups in total. The van der Waals surface area contributed by atoms with Crippen LogP contribution in [0.3, 0.4) is 0 Å². The molecule has 0 spiro atoms. The molecule has 14 nitrogen and oxygen atoms in total. The molecule has 2 amide bonds. The molecule has 4 aromatic rings. The molecule has 3 aliphatic rings. The van der Waals surface area contributed by atoms with E-state index in [-0.39, 0.29) is 48.7 Å². The second-order valence-electron chi connectivity index (χ2n) is 11.4. The van der Waals surface area contributed by atoms with Gasteiger partial charge in [-0.3, -0.25) is 19.6 Å². The van der Waals surface area contributed by atoms with Gasteiger partial charge in [-0.1, -0.05) is 29.1 Å². The highest BCUT2D eigenvalue weighted by Gasteiger charge is 2.30. The Kier molecular flexibility index (Phi) is 9.36. The number of aromatic nitrogens is 6. The molecule has 0 bridgehead atoms. The van der Waals surface area contributed by atoms with Gasteiger partial charge in [-0.15, -0.1) is 20.4 Å². The highest BCUT2D eigenvalue weighted by Crippen LogP contribution is 2.43. The van der Waals surface area contributed by atoms with E-state index in [9.17, 15) is 9.59 Å². The summed E-state index contributed by atoms with van der Waals surface area (Å²) in [5, 5.41) is 25.7. The second kappa shape index (κ2) is 14.1. The number of hydrogen-bond acceptors (Lipinski definition) is 14. The van der Waals surface area contributed by atoms with Crippen molar-refractivity contribution in [3.05, 3.63) is 58.1 Å². The molecule has 0 aromatic carbocycles. The van der Waals surface area contributed by atoms with Crippen molar-refractivity contribution >= 4 is 44.8 Å². The van der Waals surface area contributed by atoms with Crippen LogP contribution in [-0.4, -0.2) is 80.8 Å². The fraction of sp³-hybridized carbons (Fsp3) is 0.467. The van der Waals surface area contributed by atoms with Crippen LogP contribution in [0.2, 0.25) is 0 Å². The van der Waals surface area contributed by atoms with Crippen molar-refractivity contribution in [1.29, 1.82) is 0 Å². The van der Waals surface area contributed by atoms with Crippen LogP contribution in [0.15, 0.2) is 36.7 Å². The molecule has 4 aromatic heterocycles. The van der Waals surface area contributed by atoms with Gasteiger partial charge in [-0.05, 0) is 31.4 Å². The second-order valence-corrected chi connectivity index (χ2v) is 13.4. The molecule has 2 atom stereocenters. The summed E-state index contributed by atoms with van der Waals surface area (Å²) in [6.45, 7) is 2.28. The molecule has 46 heavy (non-hydrogen) atoms. The van der Waals surface area contributed by atoms with Crippen molar-refractivity contribution in [3.63, 3.8) is 0 Å². The Labute approximate surface area is 272 Å². The first-order valence-corrected chi connectivity index (χ1v) is 16.8. The van der Waals surface area contributed by atoms with Crippen molar-refractivity contribution in [2.45, 2.75) is 62.6 Å².